The Morgan fingerprint density at radius 1 is 1.25 bits per heavy atom. The molecule has 1 heterocycles. The van der Waals surface area contributed by atoms with Crippen molar-refractivity contribution in [2.24, 2.45) is 0 Å². The number of hydrogen-bond acceptors (Lipinski definition) is 5. The molecule has 4 aromatic rings. The lowest BCUT2D eigenvalue weighted by Crippen LogP contribution is -2.21. The Morgan fingerprint density at radius 2 is 1.95 bits per heavy atom. The largest absolute Gasteiger partial charge is 0.341 e. The van der Waals surface area contributed by atoms with Gasteiger partial charge in [-0.3, -0.25) is 4.79 Å². The number of hydrogen-bond donors (Lipinski definition) is 0. The third-order valence-electron chi connectivity index (χ3n) is 2.66. The van der Waals surface area contributed by atoms with Gasteiger partial charge in [-0.15, -0.1) is 11.8 Å². The Labute approximate surface area is 121 Å². The standard InChI is InChI=1S/C9H8S.C5H7N3O2/c1-10-9-6-7-2-4-8(9)5-3-7;1-8(2)5(9)4-6-3-7-10-4/h2-6H,1H3;3H,1-2H3. The second kappa shape index (κ2) is 6.38. The molecule has 0 fully saturated rings. The second-order valence-electron chi connectivity index (χ2n) is 4.28. The van der Waals surface area contributed by atoms with Crippen LogP contribution in [0.15, 0.2) is 46.1 Å². The van der Waals surface area contributed by atoms with Crippen molar-refractivity contribution in [1.82, 2.24) is 15.0 Å². The molecular weight excluding hydrogens is 274 g/mol. The summed E-state index contributed by atoms with van der Waals surface area (Å²) in [5, 5.41) is 5.96. The molecule has 0 atom stereocenters. The van der Waals surface area contributed by atoms with Crippen molar-refractivity contribution in [2.75, 3.05) is 20.4 Å². The minimum absolute atomic E-state index is 0.0185. The quantitative estimate of drug-likeness (QED) is 0.679. The van der Waals surface area contributed by atoms with Gasteiger partial charge in [-0.2, -0.15) is 4.98 Å². The van der Waals surface area contributed by atoms with Gasteiger partial charge < -0.3 is 9.42 Å². The molecule has 104 valence electrons. The number of amides is 1. The van der Waals surface area contributed by atoms with Crippen LogP contribution in [-0.4, -0.2) is 41.3 Å². The van der Waals surface area contributed by atoms with Crippen LogP contribution in [0.25, 0.3) is 10.8 Å². The summed E-state index contributed by atoms with van der Waals surface area (Å²) in [6.45, 7) is 0. The number of aromatic nitrogens is 2. The van der Waals surface area contributed by atoms with Gasteiger partial charge in [-0.1, -0.05) is 29.4 Å². The van der Waals surface area contributed by atoms with Gasteiger partial charge in [0.2, 0.25) is 0 Å². The molecule has 20 heavy (non-hydrogen) atoms. The van der Waals surface area contributed by atoms with E-state index in [4.69, 9.17) is 0 Å². The fourth-order valence-corrected chi connectivity index (χ4v) is 2.24. The summed E-state index contributed by atoms with van der Waals surface area (Å²) >= 11 is 1.81. The third-order valence-corrected chi connectivity index (χ3v) is 3.46. The number of carbonyl (C=O) groups is 1. The van der Waals surface area contributed by atoms with E-state index in [9.17, 15) is 4.79 Å². The van der Waals surface area contributed by atoms with Crippen LogP contribution in [0.2, 0.25) is 0 Å². The van der Waals surface area contributed by atoms with Crippen molar-refractivity contribution < 1.29 is 9.32 Å². The van der Waals surface area contributed by atoms with Crippen molar-refractivity contribution >= 4 is 28.4 Å². The highest BCUT2D eigenvalue weighted by Gasteiger charge is 2.12. The van der Waals surface area contributed by atoms with E-state index in [1.807, 2.05) is 11.8 Å². The molecule has 0 saturated carbocycles. The molecule has 0 aliphatic rings. The Hall–Kier alpha value is -2.08. The predicted molar refractivity (Wildman–Crippen MR) is 79.2 cm³/mol. The molecule has 5 nitrogen and oxygen atoms in total. The molecule has 2 bridgehead atoms. The average Bonchev–Trinajstić information content (AvgIpc) is 3.02. The summed E-state index contributed by atoms with van der Waals surface area (Å²) in [5.41, 5.74) is 0. The van der Waals surface area contributed by atoms with Crippen molar-refractivity contribution in [2.45, 2.75) is 4.90 Å². The van der Waals surface area contributed by atoms with Crippen LogP contribution in [0.5, 0.6) is 0 Å². The molecule has 0 saturated heterocycles. The number of nitrogens with zero attached hydrogens (tertiary/aromatic N) is 3. The number of rotatable bonds is 2. The van der Waals surface area contributed by atoms with Crippen molar-refractivity contribution in [3.8, 4) is 0 Å². The smallest absolute Gasteiger partial charge is 0.315 e. The molecule has 1 aromatic heterocycles. The molecule has 3 aromatic carbocycles. The van der Waals surface area contributed by atoms with Crippen molar-refractivity contribution in [3.05, 3.63) is 42.5 Å². The van der Waals surface area contributed by atoms with Crippen LogP contribution < -0.4 is 0 Å². The first-order chi connectivity index (χ1) is 9.61. The molecular formula is C14H15N3O2S. The summed E-state index contributed by atoms with van der Waals surface area (Å²) in [6.07, 6.45) is 3.30. The summed E-state index contributed by atoms with van der Waals surface area (Å²) in [4.78, 5) is 17.3. The third kappa shape index (κ3) is 3.27. The lowest BCUT2D eigenvalue weighted by atomic mass is 10.1. The van der Waals surface area contributed by atoms with E-state index in [0.717, 1.165) is 0 Å². The maximum absolute atomic E-state index is 10.9. The summed E-state index contributed by atoms with van der Waals surface area (Å²) in [6, 6.07) is 10.9. The van der Waals surface area contributed by atoms with Gasteiger partial charge >= 0.3 is 11.8 Å². The number of fused-ring (bicyclic) bond motifs is 3. The highest BCUT2D eigenvalue weighted by molar-refractivity contribution is 7.98. The highest BCUT2D eigenvalue weighted by atomic mass is 32.2. The van der Waals surface area contributed by atoms with Crippen LogP contribution in [0.4, 0.5) is 0 Å². The Balaban J connectivity index is 0.000000147. The van der Waals surface area contributed by atoms with E-state index < -0.39 is 0 Å². The first-order valence-corrected chi connectivity index (χ1v) is 7.18. The fraction of sp³-hybridized carbons (Fsp3) is 0.214. The molecule has 0 aliphatic carbocycles. The van der Waals surface area contributed by atoms with Gasteiger partial charge in [0, 0.05) is 19.0 Å². The fourth-order valence-electron chi connectivity index (χ4n) is 1.61. The first kappa shape index (κ1) is 14.3. The molecule has 0 spiro atoms. The van der Waals surface area contributed by atoms with E-state index in [1.54, 1.807) is 14.1 Å². The topological polar surface area (TPSA) is 59.2 Å². The van der Waals surface area contributed by atoms with E-state index in [1.165, 1.54) is 26.9 Å². The molecule has 6 heteroatoms. The van der Waals surface area contributed by atoms with E-state index in [0.29, 0.717) is 0 Å². The summed E-state index contributed by atoms with van der Waals surface area (Å²) in [7, 11) is 3.24. The zero-order chi connectivity index (χ0) is 14.5. The van der Waals surface area contributed by atoms with Gasteiger partial charge in [0.25, 0.3) is 0 Å². The van der Waals surface area contributed by atoms with Crippen LogP contribution in [0.1, 0.15) is 10.7 Å². The van der Waals surface area contributed by atoms with Gasteiger partial charge in [-0.05, 0) is 23.1 Å². The number of thioether (sulfide) groups is 1. The Morgan fingerprint density at radius 3 is 2.30 bits per heavy atom. The van der Waals surface area contributed by atoms with Crippen LogP contribution in [0.3, 0.4) is 0 Å². The summed E-state index contributed by atoms with van der Waals surface area (Å²) in [5.74, 6) is -0.262. The van der Waals surface area contributed by atoms with Crippen molar-refractivity contribution in [3.63, 3.8) is 0 Å². The zero-order valence-electron chi connectivity index (χ0n) is 11.5. The lowest BCUT2D eigenvalue weighted by molar-refractivity contribution is 0.0779. The minimum atomic E-state index is -0.280. The predicted octanol–water partition coefficient (Wildman–Crippen LogP) is 2.77. The molecule has 1 amide bonds. The Kier molecular flexibility index (Phi) is 4.57. The van der Waals surface area contributed by atoms with E-state index in [-0.39, 0.29) is 11.8 Å². The SMILES string of the molecule is CN(C)C(=O)c1ncno1.CSc1cc2ccc1cc2. The maximum Gasteiger partial charge on any atom is 0.315 e. The second-order valence-corrected chi connectivity index (χ2v) is 5.13. The maximum atomic E-state index is 10.9. The molecule has 0 N–H and O–H groups in total. The molecule has 0 unspecified atom stereocenters. The van der Waals surface area contributed by atoms with E-state index >= 15 is 0 Å². The molecule has 4 rings (SSSR count). The number of carbonyl (C=O) groups excluding carboxylic acids is 1. The average molecular weight is 289 g/mol. The van der Waals surface area contributed by atoms with Crippen molar-refractivity contribution in [1.29, 1.82) is 0 Å². The van der Waals surface area contributed by atoms with E-state index in [2.05, 4.69) is 51.3 Å². The van der Waals surface area contributed by atoms with Gasteiger partial charge in [0.1, 0.15) is 0 Å². The van der Waals surface area contributed by atoms with Gasteiger partial charge in [-0.25, -0.2) is 0 Å². The first-order valence-electron chi connectivity index (χ1n) is 5.96. The van der Waals surface area contributed by atoms with Crippen LogP contribution >= 0.6 is 11.8 Å². The van der Waals surface area contributed by atoms with Gasteiger partial charge in [0.15, 0.2) is 6.33 Å². The van der Waals surface area contributed by atoms with Crippen LogP contribution in [-0.2, 0) is 0 Å². The molecule has 0 aliphatic heterocycles. The minimum Gasteiger partial charge on any atom is -0.341 e. The lowest BCUT2D eigenvalue weighted by Gasteiger charge is -2.04. The Bertz CT molecular complexity index is 647. The highest BCUT2D eigenvalue weighted by Crippen LogP contribution is 2.25. The normalized spacial score (nSPS) is 10.2. The monoisotopic (exact) mass is 289 g/mol. The number of benzene rings is 3. The molecule has 0 radical (unpaired) electrons. The van der Waals surface area contributed by atoms with Crippen LogP contribution in [0, 0.1) is 0 Å². The summed E-state index contributed by atoms with van der Waals surface area (Å²) < 4.78 is 4.50. The zero-order valence-corrected chi connectivity index (χ0v) is 12.3. The van der Waals surface area contributed by atoms with Gasteiger partial charge in [0.05, 0.1) is 0 Å².